The fraction of sp³-hybridized carbons (Fsp3) is 0.429. The number of halogens is 4. The molecule has 1 aliphatic carbocycles. The minimum atomic E-state index is -4.63. The zero-order valence-corrected chi connectivity index (χ0v) is 30.5. The Bertz CT molecular complexity index is 2280. The molecule has 1 saturated heterocycles. The normalized spacial score (nSPS) is 16.3. The maximum Gasteiger partial charge on any atom is 0.416 e. The molecule has 3 aromatic heterocycles. The molecule has 290 valence electrons. The van der Waals surface area contributed by atoms with Crippen molar-refractivity contribution in [3.05, 3.63) is 74.4 Å². The van der Waals surface area contributed by atoms with Crippen molar-refractivity contribution in [2.45, 2.75) is 58.4 Å². The molecule has 4 aromatic rings. The van der Waals surface area contributed by atoms with E-state index in [0.717, 1.165) is 35.6 Å². The molecule has 3 aliphatic rings. The fourth-order valence-electron chi connectivity index (χ4n) is 6.54. The van der Waals surface area contributed by atoms with Gasteiger partial charge in [-0.25, -0.2) is 14.8 Å². The van der Waals surface area contributed by atoms with Gasteiger partial charge in [-0.3, -0.25) is 14.4 Å². The Morgan fingerprint density at radius 2 is 1.82 bits per heavy atom. The maximum absolute atomic E-state index is 14.3. The summed E-state index contributed by atoms with van der Waals surface area (Å²) >= 11 is 6.14. The van der Waals surface area contributed by atoms with Crippen LogP contribution in [0.15, 0.2) is 35.4 Å². The largest absolute Gasteiger partial charge is 0.504 e. The molecule has 3 amide bonds. The number of ether oxygens (including phenoxy) is 1. The first kappa shape index (κ1) is 37.6. The lowest BCUT2D eigenvalue weighted by Crippen LogP contribution is -2.51. The van der Waals surface area contributed by atoms with E-state index in [1.807, 2.05) is 0 Å². The van der Waals surface area contributed by atoms with Gasteiger partial charge in [0.1, 0.15) is 24.7 Å². The number of carbonyl (C=O) groups excluding carboxylic acids is 3. The molecule has 5 heterocycles. The van der Waals surface area contributed by atoms with Gasteiger partial charge in [0.25, 0.3) is 11.5 Å². The van der Waals surface area contributed by atoms with Crippen molar-refractivity contribution < 1.29 is 37.4 Å². The molecular weight excluding hydrogens is 749 g/mol. The van der Waals surface area contributed by atoms with Crippen LogP contribution in [-0.4, -0.2) is 107 Å². The molecule has 2 N–H and O–H groups in total. The first-order chi connectivity index (χ1) is 26.2. The highest BCUT2D eigenvalue weighted by Gasteiger charge is 2.33. The van der Waals surface area contributed by atoms with E-state index in [2.05, 4.69) is 20.4 Å². The number of aromatic hydroxyl groups is 1. The zero-order valence-electron chi connectivity index (χ0n) is 29.8. The van der Waals surface area contributed by atoms with Crippen LogP contribution in [-0.2, 0) is 28.7 Å². The van der Waals surface area contributed by atoms with Crippen molar-refractivity contribution in [1.29, 1.82) is 0 Å². The van der Waals surface area contributed by atoms with Crippen LogP contribution in [0.5, 0.6) is 5.75 Å². The summed E-state index contributed by atoms with van der Waals surface area (Å²) in [6.45, 7) is 4.28. The third-order valence-electron chi connectivity index (χ3n) is 9.67. The van der Waals surface area contributed by atoms with Crippen molar-refractivity contribution in [2.24, 2.45) is 0 Å². The molecule has 20 heteroatoms. The van der Waals surface area contributed by atoms with E-state index < -0.39 is 41.8 Å². The Morgan fingerprint density at radius 3 is 2.45 bits per heavy atom. The Morgan fingerprint density at radius 1 is 1.07 bits per heavy atom. The summed E-state index contributed by atoms with van der Waals surface area (Å²) in [5.74, 6) is -1.19. The summed E-state index contributed by atoms with van der Waals surface area (Å²) < 4.78 is 47.8. The molecule has 7 rings (SSSR count). The van der Waals surface area contributed by atoms with E-state index >= 15 is 0 Å². The number of alkyl halides is 3. The second kappa shape index (κ2) is 14.8. The van der Waals surface area contributed by atoms with Crippen molar-refractivity contribution in [1.82, 2.24) is 38.9 Å². The summed E-state index contributed by atoms with van der Waals surface area (Å²) in [6.07, 6.45) is 0.237. The third-order valence-corrected chi connectivity index (χ3v) is 9.98. The standard InChI is InChI=1S/C35H36ClF3N10O6/c1-3-25-28(45-12-14-46(15-13-45)31(52)27-29(51)19(2)40-18-41-27)32(53)49-33(43-30(44-49)20-8-10-47(11-9-20)34(54)55-22-5-6-22)48(25)17-26(50)42-24-7-4-21(16-23(24)36)35(37,38)39/h4,7-8,16,18,22,51H,3,5-6,9-15,17H2,1-2H3,(H,42,50). The van der Waals surface area contributed by atoms with Crippen LogP contribution in [0.4, 0.5) is 29.3 Å². The molecule has 16 nitrogen and oxygen atoms in total. The summed E-state index contributed by atoms with van der Waals surface area (Å²) in [4.78, 5) is 71.2. The number of anilines is 2. The number of hydrogen-bond donors (Lipinski definition) is 2. The number of amides is 3. The maximum atomic E-state index is 14.3. The lowest BCUT2D eigenvalue weighted by atomic mass is 10.1. The molecule has 2 fully saturated rings. The van der Waals surface area contributed by atoms with E-state index in [1.165, 1.54) is 15.8 Å². The number of nitrogens with one attached hydrogen (secondary N) is 1. The summed E-state index contributed by atoms with van der Waals surface area (Å²) in [6, 6.07) is 2.59. The zero-order chi connectivity index (χ0) is 39.2. The van der Waals surface area contributed by atoms with E-state index in [9.17, 15) is 37.5 Å². The van der Waals surface area contributed by atoms with E-state index in [4.69, 9.17) is 21.3 Å². The molecule has 0 atom stereocenters. The highest BCUT2D eigenvalue weighted by Crippen LogP contribution is 2.34. The number of hydrogen-bond acceptors (Lipinski definition) is 11. The monoisotopic (exact) mass is 784 g/mol. The molecule has 1 aromatic carbocycles. The lowest BCUT2D eigenvalue weighted by Gasteiger charge is -2.36. The molecule has 0 radical (unpaired) electrons. The first-order valence-electron chi connectivity index (χ1n) is 17.6. The Balaban J connectivity index is 1.21. The van der Waals surface area contributed by atoms with Gasteiger partial charge in [0, 0.05) is 39.3 Å². The highest BCUT2D eigenvalue weighted by molar-refractivity contribution is 6.33. The van der Waals surface area contributed by atoms with Crippen LogP contribution in [0.3, 0.4) is 0 Å². The minimum Gasteiger partial charge on any atom is -0.504 e. The van der Waals surface area contributed by atoms with Gasteiger partial charge in [0.2, 0.25) is 11.7 Å². The summed E-state index contributed by atoms with van der Waals surface area (Å²) in [5.41, 5.74) is -0.0612. The number of nitrogens with zero attached hydrogens (tertiary/aromatic N) is 9. The van der Waals surface area contributed by atoms with Gasteiger partial charge in [-0.15, -0.1) is 5.10 Å². The van der Waals surface area contributed by atoms with E-state index in [1.54, 1.807) is 29.7 Å². The minimum absolute atomic E-state index is 0.0417. The summed E-state index contributed by atoms with van der Waals surface area (Å²) in [5, 5.41) is 17.2. The van der Waals surface area contributed by atoms with Crippen molar-refractivity contribution in [3.63, 3.8) is 0 Å². The SMILES string of the molecule is CCc1c(N2CCN(C(=O)c3ncnc(C)c3O)CC2)c(=O)n2nc(C3=CCN(C(=O)OC4CC4)CC3)nc2n1CC(=O)Nc1ccc(C(F)(F)F)cc1Cl. The second-order valence-electron chi connectivity index (χ2n) is 13.4. The molecule has 0 spiro atoms. The van der Waals surface area contributed by atoms with Crippen LogP contribution in [0.25, 0.3) is 11.4 Å². The van der Waals surface area contributed by atoms with E-state index in [0.29, 0.717) is 24.2 Å². The quantitative estimate of drug-likeness (QED) is 0.265. The molecule has 1 saturated carbocycles. The number of rotatable bonds is 8. The van der Waals surface area contributed by atoms with E-state index in [-0.39, 0.29) is 90.4 Å². The van der Waals surface area contributed by atoms with Gasteiger partial charge in [-0.2, -0.15) is 22.7 Å². The highest BCUT2D eigenvalue weighted by atomic mass is 35.5. The number of benzene rings is 1. The predicted molar refractivity (Wildman–Crippen MR) is 192 cm³/mol. The first-order valence-corrected chi connectivity index (χ1v) is 18.0. The van der Waals surface area contributed by atoms with Crippen molar-refractivity contribution in [2.75, 3.05) is 49.5 Å². The number of aromatic nitrogens is 6. The summed E-state index contributed by atoms with van der Waals surface area (Å²) in [7, 11) is 0. The topological polar surface area (TPSA) is 180 Å². The average molecular weight is 785 g/mol. The van der Waals surface area contributed by atoms with Crippen molar-refractivity contribution >= 4 is 52.2 Å². The molecule has 55 heavy (non-hydrogen) atoms. The molecule has 0 unspecified atom stereocenters. The Labute approximate surface area is 316 Å². The fourth-order valence-corrected chi connectivity index (χ4v) is 6.77. The number of fused-ring (bicyclic) bond motifs is 1. The van der Waals surface area contributed by atoms with Gasteiger partial charge in [-0.1, -0.05) is 24.6 Å². The number of piperazine rings is 1. The van der Waals surface area contributed by atoms with Crippen LogP contribution in [0.2, 0.25) is 5.02 Å². The number of carbonyl (C=O) groups is 3. The average Bonchev–Trinajstić information content (AvgIpc) is 3.87. The van der Waals surface area contributed by atoms with Crippen molar-refractivity contribution in [3.8, 4) is 5.75 Å². The van der Waals surface area contributed by atoms with Gasteiger partial charge >= 0.3 is 12.3 Å². The molecular formula is C35H36ClF3N10O6. The van der Waals surface area contributed by atoms with Crippen LogP contribution in [0, 0.1) is 6.92 Å². The van der Waals surface area contributed by atoms with Crippen LogP contribution >= 0.6 is 11.6 Å². The lowest BCUT2D eigenvalue weighted by molar-refractivity contribution is -0.137. The second-order valence-corrected chi connectivity index (χ2v) is 13.8. The van der Waals surface area contributed by atoms with Gasteiger partial charge in [-0.05, 0) is 56.4 Å². The third kappa shape index (κ3) is 7.65. The Kier molecular flexibility index (Phi) is 10.1. The molecule has 0 bridgehead atoms. The van der Waals surface area contributed by atoms with Gasteiger partial charge < -0.3 is 34.4 Å². The predicted octanol–water partition coefficient (Wildman–Crippen LogP) is 3.92. The van der Waals surface area contributed by atoms with Gasteiger partial charge in [0.05, 0.1) is 27.7 Å². The Hall–Kier alpha value is -5.72. The smallest absolute Gasteiger partial charge is 0.416 e. The molecule has 2 aliphatic heterocycles. The van der Waals surface area contributed by atoms with Crippen LogP contribution in [0.1, 0.15) is 59.5 Å². The number of aryl methyl sites for hydroxylation is 1. The van der Waals surface area contributed by atoms with Gasteiger partial charge in [0.15, 0.2) is 17.3 Å². The van der Waals surface area contributed by atoms with Crippen LogP contribution < -0.4 is 15.8 Å².